The van der Waals surface area contributed by atoms with Crippen LogP contribution in [0.4, 0.5) is 10.1 Å². The molecule has 1 saturated heterocycles. The van der Waals surface area contributed by atoms with Crippen molar-refractivity contribution in [3.63, 3.8) is 0 Å². The van der Waals surface area contributed by atoms with Crippen LogP contribution in [0.15, 0.2) is 33.7 Å². The second kappa shape index (κ2) is 8.44. The molecule has 1 fully saturated rings. The van der Waals surface area contributed by atoms with Gasteiger partial charge in [-0.1, -0.05) is 22.6 Å². The minimum absolute atomic E-state index is 0.00402. The van der Waals surface area contributed by atoms with Gasteiger partial charge in [0, 0.05) is 24.7 Å². The molecule has 1 N–H and O–H groups in total. The quantitative estimate of drug-likeness (QED) is 0.615. The fourth-order valence-electron chi connectivity index (χ4n) is 3.56. The van der Waals surface area contributed by atoms with Crippen LogP contribution in [0.25, 0.3) is 0 Å². The average Bonchev–Trinajstić information content (AvgIpc) is 3.35. The Kier molecular flexibility index (Phi) is 5.86. The molecule has 0 saturated carbocycles. The summed E-state index contributed by atoms with van der Waals surface area (Å²) >= 11 is 1.16. The monoisotopic (exact) mass is 465 g/mol. The average molecular weight is 466 g/mol. The highest BCUT2D eigenvalue weighted by Gasteiger charge is 2.35. The molecular formula is C19H20FN5O4S2. The smallest absolute Gasteiger partial charge is 0.286 e. The van der Waals surface area contributed by atoms with Crippen LogP contribution in [0.2, 0.25) is 0 Å². The van der Waals surface area contributed by atoms with Gasteiger partial charge in [-0.25, -0.2) is 12.8 Å². The van der Waals surface area contributed by atoms with E-state index in [1.807, 2.05) is 0 Å². The molecule has 1 amide bonds. The Morgan fingerprint density at radius 2 is 2.00 bits per heavy atom. The maximum Gasteiger partial charge on any atom is 0.286 e. The first kappa shape index (κ1) is 21.5. The number of halogens is 1. The van der Waals surface area contributed by atoms with Gasteiger partial charge in [0.1, 0.15) is 21.4 Å². The summed E-state index contributed by atoms with van der Waals surface area (Å²) in [6.07, 6.45) is 1.12. The number of benzene rings is 1. The van der Waals surface area contributed by atoms with Gasteiger partial charge < -0.3 is 9.84 Å². The molecule has 1 aromatic carbocycles. The number of nitrogens with one attached hydrogen (secondary N) is 1. The minimum Gasteiger partial charge on any atom is -0.360 e. The van der Waals surface area contributed by atoms with E-state index in [4.69, 9.17) is 4.52 Å². The third-order valence-corrected chi connectivity index (χ3v) is 8.31. The summed E-state index contributed by atoms with van der Waals surface area (Å²) < 4.78 is 45.6. The Morgan fingerprint density at radius 1 is 1.26 bits per heavy atom. The Morgan fingerprint density at radius 3 is 2.65 bits per heavy atom. The van der Waals surface area contributed by atoms with Crippen molar-refractivity contribution >= 4 is 33.0 Å². The van der Waals surface area contributed by atoms with Crippen LogP contribution in [0.1, 0.15) is 45.0 Å². The highest BCUT2D eigenvalue weighted by atomic mass is 32.2. The lowest BCUT2D eigenvalue weighted by atomic mass is 9.99. The van der Waals surface area contributed by atoms with Crippen LogP contribution in [0.3, 0.4) is 0 Å². The van der Waals surface area contributed by atoms with Crippen molar-refractivity contribution in [2.45, 2.75) is 37.5 Å². The van der Waals surface area contributed by atoms with Gasteiger partial charge in [0.25, 0.3) is 5.91 Å². The number of aryl methyl sites for hydroxylation is 2. The van der Waals surface area contributed by atoms with E-state index in [9.17, 15) is 17.6 Å². The van der Waals surface area contributed by atoms with Crippen molar-refractivity contribution in [3.8, 4) is 0 Å². The van der Waals surface area contributed by atoms with Crippen LogP contribution in [-0.2, 0) is 10.0 Å². The number of carbonyl (C=O) groups is 1. The zero-order chi connectivity index (χ0) is 22.2. The van der Waals surface area contributed by atoms with Crippen molar-refractivity contribution in [1.82, 2.24) is 19.7 Å². The van der Waals surface area contributed by atoms with E-state index < -0.39 is 21.7 Å². The predicted octanol–water partition coefficient (Wildman–Crippen LogP) is 3.10. The molecule has 3 heterocycles. The first-order valence-electron chi connectivity index (χ1n) is 9.59. The van der Waals surface area contributed by atoms with Crippen LogP contribution in [0.5, 0.6) is 0 Å². The molecule has 0 atom stereocenters. The number of nitrogens with zero attached hydrogens (tertiary/aromatic N) is 4. The maximum atomic E-state index is 13.3. The van der Waals surface area contributed by atoms with Crippen molar-refractivity contribution in [2.75, 3.05) is 18.4 Å². The van der Waals surface area contributed by atoms with E-state index in [-0.39, 0.29) is 21.6 Å². The molecule has 0 aliphatic carbocycles. The number of carbonyl (C=O) groups excluding carboxylic acids is 1. The third kappa shape index (κ3) is 4.36. The highest BCUT2D eigenvalue weighted by Crippen LogP contribution is 2.33. The molecule has 2 aromatic heterocycles. The number of hydrogen-bond acceptors (Lipinski definition) is 8. The largest absolute Gasteiger partial charge is 0.360 e. The van der Waals surface area contributed by atoms with Gasteiger partial charge in [-0.2, -0.15) is 4.31 Å². The molecule has 164 valence electrons. The van der Waals surface area contributed by atoms with Crippen LogP contribution < -0.4 is 5.32 Å². The highest BCUT2D eigenvalue weighted by molar-refractivity contribution is 7.89. The number of rotatable bonds is 5. The molecule has 3 aromatic rings. The Bertz CT molecular complexity index is 1200. The van der Waals surface area contributed by atoms with E-state index in [1.54, 1.807) is 19.9 Å². The van der Waals surface area contributed by atoms with Crippen molar-refractivity contribution < 1.29 is 22.1 Å². The molecule has 31 heavy (non-hydrogen) atoms. The number of hydrogen-bond donors (Lipinski definition) is 1. The fourth-order valence-corrected chi connectivity index (χ4v) is 6.23. The van der Waals surface area contributed by atoms with E-state index in [0.29, 0.717) is 42.3 Å². The van der Waals surface area contributed by atoms with E-state index in [0.717, 1.165) is 11.3 Å². The Balaban J connectivity index is 1.41. The SMILES string of the molecule is Cc1noc(C)c1S(=O)(=O)N1CCC(c2nnc(C(=O)Nc3cccc(F)c3)s2)CC1. The number of anilines is 1. The molecule has 4 rings (SSSR count). The number of aromatic nitrogens is 3. The molecule has 1 aliphatic rings. The molecule has 1 aliphatic heterocycles. The topological polar surface area (TPSA) is 118 Å². The normalized spacial score (nSPS) is 15.8. The first-order chi connectivity index (χ1) is 14.8. The summed E-state index contributed by atoms with van der Waals surface area (Å²) in [6.45, 7) is 3.83. The molecule has 9 nitrogen and oxygen atoms in total. The maximum absolute atomic E-state index is 13.3. The summed E-state index contributed by atoms with van der Waals surface area (Å²) in [7, 11) is -3.68. The summed E-state index contributed by atoms with van der Waals surface area (Å²) in [5.74, 6) is -0.635. The molecule has 0 spiro atoms. The minimum atomic E-state index is -3.68. The zero-order valence-corrected chi connectivity index (χ0v) is 18.5. The molecule has 0 bridgehead atoms. The Labute approximate surface area is 182 Å². The number of sulfonamides is 1. The van der Waals surface area contributed by atoms with Gasteiger partial charge >= 0.3 is 0 Å². The Hall–Kier alpha value is -2.70. The van der Waals surface area contributed by atoms with Crippen LogP contribution >= 0.6 is 11.3 Å². The first-order valence-corrected chi connectivity index (χ1v) is 11.8. The van der Waals surface area contributed by atoms with Gasteiger partial charge in [-0.15, -0.1) is 10.2 Å². The molecule has 0 unspecified atom stereocenters. The second-order valence-electron chi connectivity index (χ2n) is 7.24. The van der Waals surface area contributed by atoms with Crippen LogP contribution in [0, 0.1) is 19.7 Å². The fraction of sp³-hybridized carbons (Fsp3) is 0.368. The summed E-state index contributed by atoms with van der Waals surface area (Å²) in [5, 5.41) is 15.3. The molecular weight excluding hydrogens is 445 g/mol. The lowest BCUT2D eigenvalue weighted by molar-refractivity contribution is 0.102. The van der Waals surface area contributed by atoms with Gasteiger partial charge in [0.2, 0.25) is 15.0 Å². The van der Waals surface area contributed by atoms with E-state index in [2.05, 4.69) is 20.7 Å². The number of amides is 1. The van der Waals surface area contributed by atoms with Crippen molar-refractivity contribution in [1.29, 1.82) is 0 Å². The van der Waals surface area contributed by atoms with Gasteiger partial charge in [-0.3, -0.25) is 4.79 Å². The summed E-state index contributed by atoms with van der Waals surface area (Å²) in [5.41, 5.74) is 0.678. The van der Waals surface area contributed by atoms with Crippen molar-refractivity contribution in [2.24, 2.45) is 0 Å². The second-order valence-corrected chi connectivity index (χ2v) is 10.1. The zero-order valence-electron chi connectivity index (χ0n) is 16.8. The summed E-state index contributed by atoms with van der Waals surface area (Å²) in [6, 6.07) is 5.59. The van der Waals surface area contributed by atoms with E-state index in [1.165, 1.54) is 22.5 Å². The molecule has 0 radical (unpaired) electrons. The lowest BCUT2D eigenvalue weighted by Gasteiger charge is -2.29. The standard InChI is InChI=1S/C19H20FN5O4S2/c1-11-16(12(2)29-24-11)31(27,28)25-8-6-13(7-9-25)18-22-23-19(30-18)17(26)21-15-5-3-4-14(20)10-15/h3-5,10,13H,6-9H2,1-2H3,(H,21,26). The summed E-state index contributed by atoms with van der Waals surface area (Å²) in [4.78, 5) is 12.5. The van der Waals surface area contributed by atoms with E-state index >= 15 is 0 Å². The molecule has 12 heteroatoms. The van der Waals surface area contributed by atoms with Gasteiger partial charge in [0.05, 0.1) is 0 Å². The predicted molar refractivity (Wildman–Crippen MR) is 111 cm³/mol. The van der Waals surface area contributed by atoms with Gasteiger partial charge in [-0.05, 0) is 44.9 Å². The third-order valence-electron chi connectivity index (χ3n) is 5.09. The number of piperidine rings is 1. The van der Waals surface area contributed by atoms with Crippen LogP contribution in [-0.4, -0.2) is 47.1 Å². The van der Waals surface area contributed by atoms with Gasteiger partial charge in [0.15, 0.2) is 5.76 Å². The van der Waals surface area contributed by atoms with Crippen molar-refractivity contribution in [3.05, 3.63) is 51.6 Å². The lowest BCUT2D eigenvalue weighted by Crippen LogP contribution is -2.38.